The second-order valence-corrected chi connectivity index (χ2v) is 15.1. The molecule has 4 aliphatic carbocycles. The van der Waals surface area contributed by atoms with E-state index in [1.165, 1.54) is 98.6 Å². The molecule has 0 spiro atoms. The number of rotatable bonds is 8. The Morgan fingerprint density at radius 2 is 0.976 bits per heavy atom. The number of halogens is 2. The van der Waals surface area contributed by atoms with E-state index >= 15 is 8.78 Å². The number of allylic oxidation sites excluding steroid dienone is 4. The summed E-state index contributed by atoms with van der Waals surface area (Å²) in [5.74, 6) is -0.568. The van der Waals surface area contributed by atoms with Gasteiger partial charge in [0.25, 0.3) is 0 Å². The molecular weight excluding hydrogens is 534 g/mol. The lowest BCUT2D eigenvalue weighted by Gasteiger charge is -2.24. The normalized spacial score (nSPS) is 21.3. The van der Waals surface area contributed by atoms with Gasteiger partial charge in [-0.1, -0.05) is 73.9 Å². The van der Waals surface area contributed by atoms with E-state index in [0.29, 0.717) is 11.8 Å². The van der Waals surface area contributed by atoms with E-state index in [0.717, 1.165) is 49.7 Å². The van der Waals surface area contributed by atoms with Gasteiger partial charge in [-0.2, -0.15) is 0 Å². The third-order valence-electron chi connectivity index (χ3n) is 10.3. The third kappa shape index (κ3) is 6.55. The maximum atomic E-state index is 15.3. The lowest BCUT2D eigenvalue weighted by Crippen LogP contribution is -2.11. The molecule has 2 saturated carbocycles. The van der Waals surface area contributed by atoms with Gasteiger partial charge >= 0.3 is 0 Å². The van der Waals surface area contributed by atoms with Gasteiger partial charge in [0.1, 0.15) is 11.6 Å². The van der Waals surface area contributed by atoms with Gasteiger partial charge in [0.05, 0.1) is 11.5 Å². The first kappa shape index (κ1) is 28.8. The van der Waals surface area contributed by atoms with Gasteiger partial charge in [0.15, 0.2) is 9.84 Å². The van der Waals surface area contributed by atoms with Gasteiger partial charge in [0, 0.05) is 11.1 Å². The number of hydrogen-bond donors (Lipinski definition) is 0. The maximum absolute atomic E-state index is 15.3. The molecule has 2 aromatic carbocycles. The van der Waals surface area contributed by atoms with Gasteiger partial charge in [0.2, 0.25) is 0 Å². The van der Waals surface area contributed by atoms with E-state index in [1.54, 1.807) is 12.1 Å². The molecule has 5 heteroatoms. The summed E-state index contributed by atoms with van der Waals surface area (Å²) in [5, 5.41) is 0. The van der Waals surface area contributed by atoms with Crippen LogP contribution in [0.2, 0.25) is 0 Å². The molecule has 0 aromatic heterocycles. The average molecular weight is 579 g/mol. The van der Waals surface area contributed by atoms with Crippen molar-refractivity contribution in [1.82, 2.24) is 0 Å². The van der Waals surface area contributed by atoms with Crippen LogP contribution >= 0.6 is 0 Å². The SMILES string of the molecule is O=S(=O)(Cc1ccc(C2=C(C3CCCCC3)CCC2)cc1F)Cc1ccc(C2=C(C3CCCCC3)CCC2)cc1F. The van der Waals surface area contributed by atoms with Crippen LogP contribution in [0.5, 0.6) is 0 Å². The first-order chi connectivity index (χ1) is 19.9. The van der Waals surface area contributed by atoms with Crippen LogP contribution in [0.3, 0.4) is 0 Å². The van der Waals surface area contributed by atoms with E-state index in [9.17, 15) is 8.42 Å². The molecule has 0 atom stereocenters. The molecule has 0 amide bonds. The van der Waals surface area contributed by atoms with Crippen molar-refractivity contribution < 1.29 is 17.2 Å². The van der Waals surface area contributed by atoms with Crippen LogP contribution in [0.15, 0.2) is 47.5 Å². The zero-order valence-electron chi connectivity index (χ0n) is 24.3. The van der Waals surface area contributed by atoms with Crippen LogP contribution in [-0.2, 0) is 21.3 Å². The summed E-state index contributed by atoms with van der Waals surface area (Å²) in [6, 6.07) is 10.1. The van der Waals surface area contributed by atoms with Crippen LogP contribution in [0.4, 0.5) is 8.78 Å². The highest BCUT2D eigenvalue weighted by molar-refractivity contribution is 7.89. The summed E-state index contributed by atoms with van der Waals surface area (Å²) < 4.78 is 56.8. The minimum atomic E-state index is -3.76. The van der Waals surface area contributed by atoms with E-state index in [1.807, 2.05) is 12.1 Å². The van der Waals surface area contributed by atoms with Crippen molar-refractivity contribution in [3.63, 3.8) is 0 Å². The van der Waals surface area contributed by atoms with Crippen molar-refractivity contribution in [3.8, 4) is 0 Å². The summed E-state index contributed by atoms with van der Waals surface area (Å²) in [7, 11) is -3.76. The fourth-order valence-electron chi connectivity index (χ4n) is 8.23. The van der Waals surface area contributed by atoms with Gasteiger partial charge in [-0.3, -0.25) is 0 Å². The summed E-state index contributed by atoms with van der Waals surface area (Å²) in [4.78, 5) is 0. The average Bonchev–Trinajstić information content (AvgIpc) is 3.67. The molecule has 4 aliphatic rings. The van der Waals surface area contributed by atoms with Crippen molar-refractivity contribution in [3.05, 3.63) is 81.4 Å². The summed E-state index contributed by atoms with van der Waals surface area (Å²) in [5.41, 5.74) is 7.68. The van der Waals surface area contributed by atoms with Crippen LogP contribution in [0.1, 0.15) is 125 Å². The highest BCUT2D eigenvalue weighted by Crippen LogP contribution is 2.44. The Kier molecular flexibility index (Phi) is 8.81. The van der Waals surface area contributed by atoms with Crippen molar-refractivity contribution in [2.24, 2.45) is 11.8 Å². The fraction of sp³-hybridized carbons (Fsp3) is 0.556. The predicted octanol–water partition coefficient (Wildman–Crippen LogP) is 10.1. The Morgan fingerprint density at radius 1 is 0.561 bits per heavy atom. The third-order valence-corrected chi connectivity index (χ3v) is 11.8. The zero-order valence-corrected chi connectivity index (χ0v) is 25.1. The molecule has 0 unspecified atom stereocenters. The predicted molar refractivity (Wildman–Crippen MR) is 164 cm³/mol. The smallest absolute Gasteiger partial charge is 0.158 e. The molecule has 0 bridgehead atoms. The lowest BCUT2D eigenvalue weighted by atomic mass is 9.81. The number of sulfone groups is 1. The minimum absolute atomic E-state index is 0.164. The second kappa shape index (κ2) is 12.5. The van der Waals surface area contributed by atoms with Crippen molar-refractivity contribution >= 4 is 21.0 Å². The first-order valence-corrected chi connectivity index (χ1v) is 17.9. The standard InChI is InChI=1S/C36H44F2O2S/c37-35-21-27(33-15-7-13-31(33)25-9-3-1-4-10-25)17-19-29(35)23-41(39,40)24-30-20-18-28(22-36(30)38)34-16-8-14-32(34)26-11-5-2-6-12-26/h17-22,25-26H,1-16,23-24H2. The Hall–Kier alpha value is -2.27. The monoisotopic (exact) mass is 578 g/mol. The van der Waals surface area contributed by atoms with E-state index in [2.05, 4.69) is 0 Å². The first-order valence-electron chi connectivity index (χ1n) is 16.1. The highest BCUT2D eigenvalue weighted by atomic mass is 32.2. The van der Waals surface area contributed by atoms with E-state index in [-0.39, 0.29) is 11.1 Å². The molecule has 0 saturated heterocycles. The van der Waals surface area contributed by atoms with Gasteiger partial charge in [-0.15, -0.1) is 0 Å². The van der Waals surface area contributed by atoms with Crippen molar-refractivity contribution in [2.45, 2.75) is 114 Å². The Balaban J connectivity index is 1.16. The largest absolute Gasteiger partial charge is 0.228 e. The maximum Gasteiger partial charge on any atom is 0.158 e. The van der Waals surface area contributed by atoms with Crippen molar-refractivity contribution in [2.75, 3.05) is 0 Å². The molecule has 0 N–H and O–H groups in total. The molecule has 220 valence electrons. The van der Waals surface area contributed by atoms with Crippen LogP contribution in [-0.4, -0.2) is 8.42 Å². The van der Waals surface area contributed by atoms with Crippen LogP contribution in [0.25, 0.3) is 11.1 Å². The molecule has 2 nitrogen and oxygen atoms in total. The van der Waals surface area contributed by atoms with E-state index in [4.69, 9.17) is 0 Å². The summed E-state index contributed by atoms with van der Waals surface area (Å²) >= 11 is 0. The minimum Gasteiger partial charge on any atom is -0.228 e. The molecular formula is C36H44F2O2S. The molecule has 0 heterocycles. The fourth-order valence-corrected chi connectivity index (χ4v) is 9.74. The van der Waals surface area contributed by atoms with Gasteiger partial charge in [-0.05, 0) is 110 Å². The second-order valence-electron chi connectivity index (χ2n) is 13.0. The molecule has 0 aliphatic heterocycles. The molecule has 6 rings (SSSR count). The van der Waals surface area contributed by atoms with Crippen LogP contribution < -0.4 is 0 Å². The molecule has 0 radical (unpaired) electrons. The summed E-state index contributed by atoms with van der Waals surface area (Å²) in [6.07, 6.45) is 19.0. The lowest BCUT2D eigenvalue weighted by molar-refractivity contribution is 0.398. The van der Waals surface area contributed by atoms with Gasteiger partial charge < -0.3 is 0 Å². The van der Waals surface area contributed by atoms with Crippen molar-refractivity contribution in [1.29, 1.82) is 0 Å². The highest BCUT2D eigenvalue weighted by Gasteiger charge is 2.27. The zero-order chi connectivity index (χ0) is 28.4. The Bertz CT molecular complexity index is 1340. The molecule has 41 heavy (non-hydrogen) atoms. The molecule has 2 fully saturated rings. The Labute approximate surface area is 245 Å². The van der Waals surface area contributed by atoms with Gasteiger partial charge in [-0.25, -0.2) is 17.2 Å². The Morgan fingerprint density at radius 3 is 1.37 bits per heavy atom. The molecule has 2 aromatic rings. The topological polar surface area (TPSA) is 34.1 Å². The van der Waals surface area contributed by atoms with E-state index < -0.39 is 33.0 Å². The van der Waals surface area contributed by atoms with Crippen LogP contribution in [0, 0.1) is 23.5 Å². The summed E-state index contributed by atoms with van der Waals surface area (Å²) in [6.45, 7) is 0. The number of hydrogen-bond acceptors (Lipinski definition) is 2. The number of benzene rings is 2. The quantitative estimate of drug-likeness (QED) is 0.312.